The fourth-order valence-electron chi connectivity index (χ4n) is 5.28. The Kier molecular flexibility index (Phi) is 5.68. The van der Waals surface area contributed by atoms with Gasteiger partial charge in [-0.3, -0.25) is 9.88 Å². The van der Waals surface area contributed by atoms with Crippen molar-refractivity contribution in [3.05, 3.63) is 53.9 Å². The largest absolute Gasteiger partial charge is 0.501 e. The van der Waals surface area contributed by atoms with Crippen molar-refractivity contribution in [3.63, 3.8) is 0 Å². The van der Waals surface area contributed by atoms with E-state index >= 15 is 0 Å². The third kappa shape index (κ3) is 4.37. The zero-order chi connectivity index (χ0) is 23.3. The summed E-state index contributed by atoms with van der Waals surface area (Å²) in [4.78, 5) is 8.48. The van der Waals surface area contributed by atoms with Gasteiger partial charge in [-0.15, -0.1) is 0 Å². The predicted octanol–water partition coefficient (Wildman–Crippen LogP) is 5.24. The number of pyridine rings is 1. The first-order valence-corrected chi connectivity index (χ1v) is 13.0. The first-order chi connectivity index (χ1) is 15.7. The van der Waals surface area contributed by atoms with Gasteiger partial charge in [-0.25, -0.2) is 8.42 Å². The maximum Gasteiger partial charge on any atom is 0.501 e. The molecule has 2 heterocycles. The number of rotatable bonds is 5. The molecule has 2 aliphatic carbocycles. The molecule has 3 aliphatic rings. The van der Waals surface area contributed by atoms with Crippen LogP contribution in [0.2, 0.25) is 0 Å². The van der Waals surface area contributed by atoms with E-state index in [2.05, 4.69) is 26.9 Å². The Morgan fingerprint density at radius 1 is 1.03 bits per heavy atom. The number of hydrogen-bond acceptors (Lipinski definition) is 5. The van der Waals surface area contributed by atoms with Crippen LogP contribution in [0.25, 0.3) is 0 Å². The normalized spacial score (nSPS) is 21.6. The number of hydrogen-bond donors (Lipinski definition) is 0. The van der Waals surface area contributed by atoms with Crippen LogP contribution < -0.4 is 4.90 Å². The molecule has 0 atom stereocenters. The summed E-state index contributed by atoms with van der Waals surface area (Å²) in [5.41, 5.74) is -2.04. The summed E-state index contributed by atoms with van der Waals surface area (Å²) in [6.07, 6.45) is 10.3. The van der Waals surface area contributed by atoms with Crippen molar-refractivity contribution in [3.8, 4) is 0 Å². The molecule has 0 N–H and O–H groups in total. The van der Waals surface area contributed by atoms with Crippen LogP contribution in [0, 0.1) is 0 Å². The van der Waals surface area contributed by atoms with Gasteiger partial charge in [0.05, 0.1) is 11.6 Å². The maximum atomic E-state index is 12.8. The van der Waals surface area contributed by atoms with Crippen molar-refractivity contribution in [1.29, 1.82) is 0 Å². The minimum absolute atomic E-state index is 0.0883. The molecule has 5 rings (SSSR count). The van der Waals surface area contributed by atoms with Crippen molar-refractivity contribution in [2.45, 2.75) is 73.4 Å². The molecule has 1 aromatic heterocycles. The van der Waals surface area contributed by atoms with Crippen LogP contribution in [0.1, 0.15) is 62.1 Å². The molecule has 178 valence electrons. The average molecular weight is 480 g/mol. The van der Waals surface area contributed by atoms with E-state index in [1.54, 1.807) is 0 Å². The summed E-state index contributed by atoms with van der Waals surface area (Å²) < 4.78 is 61.8. The Morgan fingerprint density at radius 2 is 1.73 bits per heavy atom. The van der Waals surface area contributed by atoms with Gasteiger partial charge in [-0.1, -0.05) is 19.3 Å². The van der Waals surface area contributed by atoms with E-state index in [0.717, 1.165) is 43.8 Å². The first kappa shape index (κ1) is 22.7. The van der Waals surface area contributed by atoms with E-state index in [1.807, 2.05) is 6.20 Å². The molecular weight excluding hydrogens is 451 g/mol. The highest BCUT2D eigenvalue weighted by atomic mass is 32.2. The molecule has 9 heteroatoms. The quantitative estimate of drug-likeness (QED) is 0.588. The lowest BCUT2D eigenvalue weighted by Crippen LogP contribution is -2.32. The fraction of sp³-hybridized carbons (Fsp3) is 0.542. The van der Waals surface area contributed by atoms with Crippen LogP contribution in [0.15, 0.2) is 47.5 Å². The van der Waals surface area contributed by atoms with E-state index in [9.17, 15) is 21.6 Å². The standard InChI is InChI=1S/C24H28F3N3O2S/c25-24(26,27)33(31,32)21-8-6-20(7-9-21)29-16-23(11-12-23)30(17-29)15-18-10-13-28-22(14-18)19-4-2-1-3-5-19/h6-10,13-14,19H,1-5,11-12,15-17H2. The SMILES string of the molecule is O=S(=O)(c1ccc(N2CN(Cc3ccnc(C4CCCCC4)c3)C3(CC3)C2)cc1)C(F)(F)F. The van der Waals surface area contributed by atoms with E-state index in [0.29, 0.717) is 12.6 Å². The zero-order valence-corrected chi connectivity index (χ0v) is 19.2. The second-order valence-corrected chi connectivity index (χ2v) is 11.6. The smallest absolute Gasteiger partial charge is 0.357 e. The van der Waals surface area contributed by atoms with Crippen molar-refractivity contribution in [1.82, 2.24) is 9.88 Å². The number of nitrogens with zero attached hydrogens (tertiary/aromatic N) is 3. The maximum absolute atomic E-state index is 12.8. The molecule has 1 aromatic carbocycles. The highest BCUT2D eigenvalue weighted by molar-refractivity contribution is 7.92. The Bertz CT molecular complexity index is 1110. The van der Waals surface area contributed by atoms with Gasteiger partial charge >= 0.3 is 5.51 Å². The van der Waals surface area contributed by atoms with Crippen LogP contribution in [-0.4, -0.2) is 42.6 Å². The molecule has 1 saturated heterocycles. The molecule has 0 unspecified atom stereocenters. The lowest BCUT2D eigenvalue weighted by molar-refractivity contribution is -0.0436. The first-order valence-electron chi connectivity index (χ1n) is 11.5. The van der Waals surface area contributed by atoms with Crippen LogP contribution in [0.5, 0.6) is 0 Å². The van der Waals surface area contributed by atoms with Gasteiger partial charge in [-0.2, -0.15) is 13.2 Å². The van der Waals surface area contributed by atoms with Gasteiger partial charge in [0.1, 0.15) is 0 Å². The van der Waals surface area contributed by atoms with Gasteiger partial charge < -0.3 is 4.90 Å². The number of halogens is 3. The van der Waals surface area contributed by atoms with E-state index in [4.69, 9.17) is 0 Å². The second kappa shape index (κ2) is 8.27. The van der Waals surface area contributed by atoms with Gasteiger partial charge in [-0.05, 0) is 67.6 Å². The summed E-state index contributed by atoms with van der Waals surface area (Å²) in [5.74, 6) is 0.551. The zero-order valence-electron chi connectivity index (χ0n) is 18.4. The topological polar surface area (TPSA) is 53.5 Å². The highest BCUT2D eigenvalue weighted by Crippen LogP contribution is 2.48. The van der Waals surface area contributed by atoms with Crippen molar-refractivity contribution in [2.24, 2.45) is 0 Å². The van der Waals surface area contributed by atoms with Gasteiger partial charge in [0.25, 0.3) is 9.84 Å². The summed E-state index contributed by atoms with van der Waals surface area (Å²) in [6.45, 7) is 2.25. The highest BCUT2D eigenvalue weighted by Gasteiger charge is 2.53. The van der Waals surface area contributed by atoms with Crippen molar-refractivity contribution in [2.75, 3.05) is 18.1 Å². The third-order valence-electron chi connectivity index (χ3n) is 7.38. The molecule has 5 nitrogen and oxygen atoms in total. The van der Waals surface area contributed by atoms with Gasteiger partial charge in [0, 0.05) is 42.1 Å². The molecule has 33 heavy (non-hydrogen) atoms. The Balaban J connectivity index is 1.30. The average Bonchev–Trinajstić information content (AvgIpc) is 3.50. The molecule has 0 amide bonds. The molecule has 2 aromatic rings. The predicted molar refractivity (Wildman–Crippen MR) is 119 cm³/mol. The van der Waals surface area contributed by atoms with Crippen LogP contribution >= 0.6 is 0 Å². The molecule has 1 spiro atoms. The lowest BCUT2D eigenvalue weighted by Gasteiger charge is -2.24. The van der Waals surface area contributed by atoms with Crippen molar-refractivity contribution >= 4 is 15.5 Å². The van der Waals surface area contributed by atoms with E-state index in [-0.39, 0.29) is 5.54 Å². The molecule has 3 fully saturated rings. The number of alkyl halides is 3. The van der Waals surface area contributed by atoms with E-state index in [1.165, 1.54) is 55.5 Å². The molecule has 0 radical (unpaired) electrons. The molecule has 1 aliphatic heterocycles. The summed E-state index contributed by atoms with van der Waals surface area (Å²) >= 11 is 0. The monoisotopic (exact) mass is 479 g/mol. The Labute approximate surface area is 192 Å². The Hall–Kier alpha value is -2.13. The molecular formula is C24H28F3N3O2S. The number of anilines is 1. The Morgan fingerprint density at radius 3 is 2.36 bits per heavy atom. The van der Waals surface area contributed by atoms with Crippen LogP contribution in [0.3, 0.4) is 0 Å². The third-order valence-corrected chi connectivity index (χ3v) is 8.89. The second-order valence-electron chi connectivity index (χ2n) is 9.63. The lowest BCUT2D eigenvalue weighted by atomic mass is 9.86. The summed E-state index contributed by atoms with van der Waals surface area (Å²) in [5, 5.41) is 0. The van der Waals surface area contributed by atoms with Crippen molar-refractivity contribution < 1.29 is 21.6 Å². The minimum Gasteiger partial charge on any atom is -0.357 e. The summed E-state index contributed by atoms with van der Waals surface area (Å²) in [6, 6.07) is 9.38. The molecule has 0 bridgehead atoms. The number of benzene rings is 1. The van der Waals surface area contributed by atoms with Crippen LogP contribution in [0.4, 0.5) is 18.9 Å². The minimum atomic E-state index is -5.33. The van der Waals surface area contributed by atoms with E-state index < -0.39 is 20.2 Å². The van der Waals surface area contributed by atoms with Crippen LogP contribution in [-0.2, 0) is 16.4 Å². The molecule has 2 saturated carbocycles. The number of aromatic nitrogens is 1. The summed E-state index contributed by atoms with van der Waals surface area (Å²) in [7, 11) is -5.33. The van der Waals surface area contributed by atoms with Gasteiger partial charge in [0.2, 0.25) is 0 Å². The number of sulfone groups is 1. The fourth-order valence-corrected chi connectivity index (χ4v) is 6.04. The van der Waals surface area contributed by atoms with Gasteiger partial charge in [0.15, 0.2) is 0 Å².